The molecular weight excluding hydrogens is 368 g/mol. The minimum atomic E-state index is -0.317. The highest BCUT2D eigenvalue weighted by Gasteiger charge is 2.26. The number of nitrogens with one attached hydrogen (secondary N) is 2. The molecule has 3 rings (SSSR count). The van der Waals surface area contributed by atoms with E-state index in [0.717, 1.165) is 47.5 Å². The average Bonchev–Trinajstić information content (AvgIpc) is 2.98. The lowest BCUT2D eigenvalue weighted by molar-refractivity contribution is 0.0601. The molecule has 0 saturated heterocycles. The van der Waals surface area contributed by atoms with Crippen molar-refractivity contribution in [3.05, 3.63) is 39.8 Å². The molecule has 2 aromatic rings. The van der Waals surface area contributed by atoms with Gasteiger partial charge in [0.05, 0.1) is 25.5 Å². The van der Waals surface area contributed by atoms with Gasteiger partial charge >= 0.3 is 5.97 Å². The van der Waals surface area contributed by atoms with Crippen molar-refractivity contribution < 1.29 is 14.3 Å². The highest BCUT2D eigenvalue weighted by atomic mass is 32.1. The number of rotatable bonds is 4. The molecule has 1 aliphatic carbocycles. The van der Waals surface area contributed by atoms with Gasteiger partial charge in [-0.05, 0) is 68.1 Å². The molecule has 0 fully saturated rings. The second-order valence-corrected chi connectivity index (χ2v) is 7.70. The number of aryl methyl sites for hydroxylation is 2. The molecule has 0 aliphatic heterocycles. The van der Waals surface area contributed by atoms with E-state index in [1.54, 1.807) is 18.4 Å². The van der Waals surface area contributed by atoms with Gasteiger partial charge in [0, 0.05) is 4.88 Å². The van der Waals surface area contributed by atoms with Crippen molar-refractivity contribution in [3.8, 4) is 5.75 Å². The molecule has 0 unspecified atom stereocenters. The number of esters is 1. The monoisotopic (exact) mass is 390 g/mol. The molecule has 1 heterocycles. The molecule has 0 bridgehead atoms. The number of carbonyl (C=O) groups excluding carboxylic acids is 1. The zero-order chi connectivity index (χ0) is 18.7. The first-order valence-corrected chi connectivity index (χ1v) is 9.71. The van der Waals surface area contributed by atoms with E-state index in [0.29, 0.717) is 16.4 Å². The molecule has 7 heteroatoms. The minimum absolute atomic E-state index is 0.317. The number of fused-ring (bicyclic) bond motifs is 1. The van der Waals surface area contributed by atoms with Crippen LogP contribution in [0.1, 0.15) is 39.2 Å². The second-order valence-electron chi connectivity index (χ2n) is 6.19. The van der Waals surface area contributed by atoms with Crippen LogP contribution in [0.2, 0.25) is 0 Å². The summed E-state index contributed by atoms with van der Waals surface area (Å²) in [6.45, 7) is 2.00. The third-order valence-electron chi connectivity index (χ3n) is 4.39. The number of ether oxygens (including phenoxy) is 2. The number of methoxy groups -OCH3 is 2. The number of benzene rings is 1. The van der Waals surface area contributed by atoms with Crippen LogP contribution >= 0.6 is 23.6 Å². The van der Waals surface area contributed by atoms with Gasteiger partial charge in [0.1, 0.15) is 10.8 Å². The van der Waals surface area contributed by atoms with Crippen molar-refractivity contribution in [3.63, 3.8) is 0 Å². The summed E-state index contributed by atoms with van der Waals surface area (Å²) >= 11 is 7.06. The normalized spacial score (nSPS) is 12.9. The Hall–Kier alpha value is -2.12. The molecule has 5 nitrogen and oxygen atoms in total. The molecule has 0 saturated carbocycles. The fourth-order valence-corrected chi connectivity index (χ4v) is 4.71. The van der Waals surface area contributed by atoms with Gasteiger partial charge in [-0.1, -0.05) is 6.07 Å². The molecule has 0 radical (unpaired) electrons. The maximum absolute atomic E-state index is 12.3. The fraction of sp³-hybridized carbons (Fsp3) is 0.368. The Kier molecular flexibility index (Phi) is 5.78. The predicted octanol–water partition coefficient (Wildman–Crippen LogP) is 4.54. The van der Waals surface area contributed by atoms with Crippen LogP contribution in [0.4, 0.5) is 10.7 Å². The molecule has 1 aromatic heterocycles. The first kappa shape index (κ1) is 18.7. The Bertz CT molecular complexity index is 846. The van der Waals surface area contributed by atoms with Gasteiger partial charge in [-0.15, -0.1) is 11.3 Å². The summed E-state index contributed by atoms with van der Waals surface area (Å²) < 4.78 is 10.4. The molecule has 26 heavy (non-hydrogen) atoms. The summed E-state index contributed by atoms with van der Waals surface area (Å²) in [6.07, 6.45) is 4.15. The van der Waals surface area contributed by atoms with Gasteiger partial charge in [-0.25, -0.2) is 4.79 Å². The summed E-state index contributed by atoms with van der Waals surface area (Å²) in [4.78, 5) is 13.6. The molecule has 2 N–H and O–H groups in total. The van der Waals surface area contributed by atoms with Crippen molar-refractivity contribution in [1.29, 1.82) is 0 Å². The average molecular weight is 391 g/mol. The quantitative estimate of drug-likeness (QED) is 0.590. The van der Waals surface area contributed by atoms with Gasteiger partial charge in [-0.2, -0.15) is 0 Å². The van der Waals surface area contributed by atoms with Gasteiger partial charge < -0.3 is 20.1 Å². The van der Waals surface area contributed by atoms with Crippen molar-refractivity contribution in [2.24, 2.45) is 0 Å². The maximum Gasteiger partial charge on any atom is 0.341 e. The highest BCUT2D eigenvalue weighted by Crippen LogP contribution is 2.38. The first-order chi connectivity index (χ1) is 12.5. The van der Waals surface area contributed by atoms with Crippen LogP contribution < -0.4 is 15.4 Å². The van der Waals surface area contributed by atoms with Crippen molar-refractivity contribution >= 4 is 45.3 Å². The summed E-state index contributed by atoms with van der Waals surface area (Å²) in [5.74, 6) is 0.390. The van der Waals surface area contributed by atoms with Gasteiger partial charge in [-0.3, -0.25) is 0 Å². The number of thiocarbonyl (C=S) groups is 1. The van der Waals surface area contributed by atoms with Crippen molar-refractivity contribution in [1.82, 2.24) is 0 Å². The zero-order valence-corrected chi connectivity index (χ0v) is 16.7. The Labute approximate surface area is 162 Å². The molecule has 1 aliphatic rings. The van der Waals surface area contributed by atoms with Gasteiger partial charge in [0.2, 0.25) is 0 Å². The van der Waals surface area contributed by atoms with E-state index in [-0.39, 0.29) is 5.97 Å². The maximum atomic E-state index is 12.3. The number of hydrogen-bond acceptors (Lipinski definition) is 5. The zero-order valence-electron chi connectivity index (χ0n) is 15.1. The number of carbonyl (C=O) groups is 1. The van der Waals surface area contributed by atoms with Crippen LogP contribution in [-0.4, -0.2) is 25.3 Å². The van der Waals surface area contributed by atoms with E-state index in [1.807, 2.05) is 25.1 Å². The van der Waals surface area contributed by atoms with Crippen molar-refractivity contribution in [2.45, 2.75) is 32.6 Å². The SMILES string of the molecule is COC(=O)c1c(NC(=S)Nc2cc(C)ccc2OC)sc2c1CCCC2. The van der Waals surface area contributed by atoms with Crippen LogP contribution in [0, 0.1) is 6.92 Å². The highest BCUT2D eigenvalue weighted by molar-refractivity contribution is 7.80. The third-order valence-corrected chi connectivity index (χ3v) is 5.80. The Morgan fingerprint density at radius 1 is 1.19 bits per heavy atom. The lowest BCUT2D eigenvalue weighted by Crippen LogP contribution is -2.20. The number of thiophene rings is 1. The number of hydrogen-bond donors (Lipinski definition) is 2. The van der Waals surface area contributed by atoms with Crippen molar-refractivity contribution in [2.75, 3.05) is 24.9 Å². The second kappa shape index (κ2) is 8.05. The van der Waals surface area contributed by atoms with Crippen LogP contribution in [0.15, 0.2) is 18.2 Å². The summed E-state index contributed by atoms with van der Waals surface area (Å²) in [7, 11) is 3.03. The predicted molar refractivity (Wildman–Crippen MR) is 110 cm³/mol. The Morgan fingerprint density at radius 2 is 1.96 bits per heavy atom. The summed E-state index contributed by atoms with van der Waals surface area (Å²) in [5.41, 5.74) is 3.60. The van der Waals surface area contributed by atoms with Gasteiger partial charge in [0.25, 0.3) is 0 Å². The molecule has 0 atom stereocenters. The first-order valence-electron chi connectivity index (χ1n) is 8.49. The van der Waals surface area contributed by atoms with Crippen LogP contribution in [0.5, 0.6) is 5.75 Å². The van der Waals surface area contributed by atoms with Crippen LogP contribution in [-0.2, 0) is 17.6 Å². The molecule has 138 valence electrons. The van der Waals surface area contributed by atoms with Gasteiger partial charge in [0.15, 0.2) is 5.11 Å². The largest absolute Gasteiger partial charge is 0.495 e. The fourth-order valence-electron chi connectivity index (χ4n) is 3.15. The topological polar surface area (TPSA) is 59.6 Å². The summed E-state index contributed by atoms with van der Waals surface area (Å²) in [6, 6.07) is 5.83. The summed E-state index contributed by atoms with van der Waals surface area (Å²) in [5, 5.41) is 7.51. The van der Waals surface area contributed by atoms with E-state index in [1.165, 1.54) is 12.0 Å². The number of anilines is 2. The molecule has 1 aromatic carbocycles. The Morgan fingerprint density at radius 3 is 2.69 bits per heavy atom. The van der Waals surface area contributed by atoms with E-state index >= 15 is 0 Å². The molecule has 0 spiro atoms. The van der Waals surface area contributed by atoms with E-state index in [9.17, 15) is 4.79 Å². The molecular formula is C19H22N2O3S2. The minimum Gasteiger partial charge on any atom is -0.495 e. The third kappa shape index (κ3) is 3.83. The lowest BCUT2D eigenvalue weighted by Gasteiger charge is -2.14. The lowest BCUT2D eigenvalue weighted by atomic mass is 9.95. The van der Waals surface area contributed by atoms with Crippen LogP contribution in [0.25, 0.3) is 0 Å². The molecule has 0 amide bonds. The standard InChI is InChI=1S/C19H22N2O3S2/c1-11-8-9-14(23-2)13(10-11)20-19(25)21-17-16(18(22)24-3)12-6-4-5-7-15(12)26-17/h8-10H,4-7H2,1-3H3,(H2,20,21,25). The Balaban J connectivity index is 1.85. The van der Waals surface area contributed by atoms with E-state index in [2.05, 4.69) is 10.6 Å². The van der Waals surface area contributed by atoms with E-state index in [4.69, 9.17) is 21.7 Å². The van der Waals surface area contributed by atoms with E-state index < -0.39 is 0 Å². The van der Waals surface area contributed by atoms with Crippen LogP contribution in [0.3, 0.4) is 0 Å². The smallest absolute Gasteiger partial charge is 0.341 e.